The molecule has 5 heteroatoms. The van der Waals surface area contributed by atoms with Crippen LogP contribution in [0, 0.1) is 4.77 Å². The van der Waals surface area contributed by atoms with Crippen LogP contribution in [-0.2, 0) is 12.0 Å². The topological polar surface area (TPSA) is 42.8 Å². The minimum Gasteiger partial charge on any atom is -0.481 e. The molecule has 1 N–H and O–H groups in total. The summed E-state index contributed by atoms with van der Waals surface area (Å²) in [7, 11) is 1.62. The van der Waals surface area contributed by atoms with Gasteiger partial charge in [0.25, 0.3) is 0 Å². The zero-order valence-corrected chi connectivity index (χ0v) is 12.5. The largest absolute Gasteiger partial charge is 0.481 e. The highest BCUT2D eigenvalue weighted by atomic mass is 32.1. The van der Waals surface area contributed by atoms with Crippen LogP contribution in [0.25, 0.3) is 0 Å². The fraction of sp³-hybridized carbons (Fsp3) is 0.429. The first-order valence-corrected chi connectivity index (χ1v) is 6.60. The smallest absolute Gasteiger partial charge is 0.213 e. The van der Waals surface area contributed by atoms with Crippen molar-refractivity contribution in [2.75, 3.05) is 7.11 Å². The molecule has 2 aromatic heterocycles. The number of nitrogens with one attached hydrogen (secondary N) is 1. The van der Waals surface area contributed by atoms with E-state index in [1.165, 1.54) is 5.69 Å². The van der Waals surface area contributed by atoms with Gasteiger partial charge in [0.05, 0.1) is 13.7 Å². The summed E-state index contributed by atoms with van der Waals surface area (Å²) in [5, 5.41) is 0. The maximum Gasteiger partial charge on any atom is 0.213 e. The summed E-state index contributed by atoms with van der Waals surface area (Å²) < 4.78 is 8.00. The molecule has 0 bridgehead atoms. The molecule has 0 amide bonds. The highest BCUT2D eigenvalue weighted by Gasteiger charge is 2.19. The van der Waals surface area contributed by atoms with E-state index in [-0.39, 0.29) is 5.41 Å². The van der Waals surface area contributed by atoms with E-state index in [0.717, 1.165) is 10.3 Å². The zero-order chi connectivity index (χ0) is 14.0. The number of aromatic amines is 1. The first-order chi connectivity index (χ1) is 8.91. The number of ether oxygens (including phenoxy) is 1. The fourth-order valence-corrected chi connectivity index (χ4v) is 2.24. The van der Waals surface area contributed by atoms with Crippen LogP contribution in [0.15, 0.2) is 24.5 Å². The number of hydrogen-bond acceptors (Lipinski definition) is 3. The van der Waals surface area contributed by atoms with Crippen molar-refractivity contribution in [3.05, 3.63) is 40.6 Å². The third kappa shape index (κ3) is 3.04. The molecule has 0 radical (unpaired) electrons. The number of aromatic nitrogens is 3. The zero-order valence-electron chi connectivity index (χ0n) is 11.7. The highest BCUT2D eigenvalue weighted by Crippen LogP contribution is 2.23. The van der Waals surface area contributed by atoms with Crippen molar-refractivity contribution in [3.63, 3.8) is 0 Å². The van der Waals surface area contributed by atoms with Gasteiger partial charge in [0, 0.05) is 29.6 Å². The maximum absolute atomic E-state index is 5.36. The van der Waals surface area contributed by atoms with E-state index in [1.807, 2.05) is 18.3 Å². The number of hydrogen-bond donors (Lipinski definition) is 1. The molecule has 0 aliphatic heterocycles. The summed E-state index contributed by atoms with van der Waals surface area (Å²) in [6.45, 7) is 7.24. The van der Waals surface area contributed by atoms with Crippen LogP contribution in [0.4, 0.5) is 0 Å². The molecule has 19 heavy (non-hydrogen) atoms. The fourth-order valence-electron chi connectivity index (χ4n) is 2.02. The molecule has 0 saturated heterocycles. The molecule has 0 fully saturated rings. The molecule has 2 aromatic rings. The van der Waals surface area contributed by atoms with Crippen LogP contribution >= 0.6 is 12.2 Å². The SMILES string of the molecule is COc1cc(Cn2c(C(C)(C)C)c[nH]c2=S)ccn1. The Morgan fingerprint density at radius 2 is 2.16 bits per heavy atom. The summed E-state index contributed by atoms with van der Waals surface area (Å²) >= 11 is 5.36. The van der Waals surface area contributed by atoms with E-state index in [2.05, 4.69) is 35.3 Å². The lowest BCUT2D eigenvalue weighted by Crippen LogP contribution is -2.18. The maximum atomic E-state index is 5.36. The van der Waals surface area contributed by atoms with Crippen molar-refractivity contribution < 1.29 is 4.74 Å². The van der Waals surface area contributed by atoms with Crippen molar-refractivity contribution in [1.82, 2.24) is 14.5 Å². The van der Waals surface area contributed by atoms with Gasteiger partial charge in [-0.05, 0) is 23.8 Å². The van der Waals surface area contributed by atoms with Gasteiger partial charge in [-0.2, -0.15) is 0 Å². The predicted octanol–water partition coefficient (Wildman–Crippen LogP) is 3.30. The van der Waals surface area contributed by atoms with Crippen LogP contribution in [0.5, 0.6) is 5.88 Å². The number of imidazole rings is 1. The van der Waals surface area contributed by atoms with E-state index in [4.69, 9.17) is 17.0 Å². The number of pyridine rings is 1. The van der Waals surface area contributed by atoms with E-state index in [0.29, 0.717) is 12.4 Å². The third-order valence-corrected chi connectivity index (χ3v) is 3.32. The monoisotopic (exact) mass is 277 g/mol. The Balaban J connectivity index is 2.38. The molecule has 0 aliphatic rings. The summed E-state index contributed by atoms with van der Waals surface area (Å²) in [5.41, 5.74) is 2.35. The molecule has 0 aromatic carbocycles. The normalized spacial score (nSPS) is 11.6. The van der Waals surface area contributed by atoms with Crippen LogP contribution in [-0.4, -0.2) is 21.6 Å². The van der Waals surface area contributed by atoms with Gasteiger partial charge >= 0.3 is 0 Å². The van der Waals surface area contributed by atoms with Gasteiger partial charge in [0.15, 0.2) is 4.77 Å². The van der Waals surface area contributed by atoms with Gasteiger partial charge in [-0.25, -0.2) is 4.98 Å². The van der Waals surface area contributed by atoms with Crippen molar-refractivity contribution in [3.8, 4) is 5.88 Å². The number of methoxy groups -OCH3 is 1. The minimum absolute atomic E-state index is 0.0463. The summed E-state index contributed by atoms with van der Waals surface area (Å²) in [6, 6.07) is 3.91. The van der Waals surface area contributed by atoms with Crippen LogP contribution in [0.1, 0.15) is 32.0 Å². The Kier molecular flexibility index (Phi) is 3.75. The number of H-pyrrole nitrogens is 1. The summed E-state index contributed by atoms with van der Waals surface area (Å²) in [5.74, 6) is 0.622. The van der Waals surface area contributed by atoms with Crippen molar-refractivity contribution in [1.29, 1.82) is 0 Å². The molecule has 2 heterocycles. The first-order valence-electron chi connectivity index (χ1n) is 6.19. The van der Waals surface area contributed by atoms with Crippen molar-refractivity contribution >= 4 is 12.2 Å². The molecule has 0 aliphatic carbocycles. The van der Waals surface area contributed by atoms with Crippen LogP contribution in [0.2, 0.25) is 0 Å². The Morgan fingerprint density at radius 1 is 1.42 bits per heavy atom. The van der Waals surface area contributed by atoms with E-state index >= 15 is 0 Å². The van der Waals surface area contributed by atoms with Gasteiger partial charge in [0.1, 0.15) is 0 Å². The standard InChI is InChI=1S/C14H19N3OS/c1-14(2,3)11-8-16-13(19)17(11)9-10-5-6-15-12(7-10)18-4/h5-8H,9H2,1-4H3,(H,16,19). The van der Waals surface area contributed by atoms with Gasteiger partial charge in [-0.15, -0.1) is 0 Å². The molecule has 2 rings (SSSR count). The molecule has 0 saturated carbocycles. The summed E-state index contributed by atoms with van der Waals surface area (Å²) in [4.78, 5) is 7.24. The van der Waals surface area contributed by atoms with E-state index < -0.39 is 0 Å². The molecule has 4 nitrogen and oxygen atoms in total. The van der Waals surface area contributed by atoms with Crippen molar-refractivity contribution in [2.24, 2.45) is 0 Å². The van der Waals surface area contributed by atoms with Gasteiger partial charge in [-0.3, -0.25) is 0 Å². The highest BCUT2D eigenvalue weighted by molar-refractivity contribution is 7.71. The lowest BCUT2D eigenvalue weighted by molar-refractivity contribution is 0.397. The lowest BCUT2D eigenvalue weighted by Gasteiger charge is -2.20. The Hall–Kier alpha value is -1.62. The second-order valence-corrected chi connectivity index (χ2v) is 5.91. The molecule has 0 unspecified atom stereocenters. The van der Waals surface area contributed by atoms with Crippen LogP contribution in [0.3, 0.4) is 0 Å². The Morgan fingerprint density at radius 3 is 2.79 bits per heavy atom. The molecular weight excluding hydrogens is 258 g/mol. The summed E-state index contributed by atoms with van der Waals surface area (Å²) in [6.07, 6.45) is 3.74. The van der Waals surface area contributed by atoms with E-state index in [9.17, 15) is 0 Å². The Bertz CT molecular complexity index is 622. The molecule has 0 atom stereocenters. The van der Waals surface area contributed by atoms with Gasteiger partial charge in [-0.1, -0.05) is 20.8 Å². The van der Waals surface area contributed by atoms with Crippen LogP contribution < -0.4 is 4.74 Å². The first kappa shape index (κ1) is 13.8. The number of nitrogens with zero attached hydrogens (tertiary/aromatic N) is 2. The molecule has 102 valence electrons. The molecule has 0 spiro atoms. The average Bonchev–Trinajstić information content (AvgIpc) is 2.71. The number of rotatable bonds is 3. The molecular formula is C14H19N3OS. The predicted molar refractivity (Wildman–Crippen MR) is 78.2 cm³/mol. The lowest BCUT2D eigenvalue weighted by atomic mass is 9.92. The quantitative estimate of drug-likeness (QED) is 0.875. The average molecular weight is 277 g/mol. The van der Waals surface area contributed by atoms with Crippen molar-refractivity contribution in [2.45, 2.75) is 32.7 Å². The van der Waals surface area contributed by atoms with Gasteiger partial charge in [0.2, 0.25) is 5.88 Å². The second kappa shape index (κ2) is 5.17. The van der Waals surface area contributed by atoms with Gasteiger partial charge < -0.3 is 14.3 Å². The van der Waals surface area contributed by atoms with E-state index in [1.54, 1.807) is 13.3 Å². The third-order valence-electron chi connectivity index (χ3n) is 2.99. The second-order valence-electron chi connectivity index (χ2n) is 5.52. The Labute approximate surface area is 118 Å². The minimum atomic E-state index is 0.0463.